The van der Waals surface area contributed by atoms with Gasteiger partial charge in [0.1, 0.15) is 5.69 Å². The molecule has 0 spiro atoms. The van der Waals surface area contributed by atoms with Crippen molar-refractivity contribution in [3.8, 4) is 0 Å². The van der Waals surface area contributed by atoms with Gasteiger partial charge in [-0.1, -0.05) is 0 Å². The molecule has 0 radical (unpaired) electrons. The second-order valence-corrected chi connectivity index (χ2v) is 5.74. The van der Waals surface area contributed by atoms with Crippen LogP contribution in [0.1, 0.15) is 29.0 Å². The number of aryl methyl sites for hydroxylation is 1. The monoisotopic (exact) mass is 301 g/mol. The summed E-state index contributed by atoms with van der Waals surface area (Å²) in [5, 5.41) is 6.81. The van der Waals surface area contributed by atoms with E-state index in [4.69, 9.17) is 0 Å². The number of carbonyl (C=O) groups is 1. The third-order valence-corrected chi connectivity index (χ3v) is 4.07. The normalized spacial score (nSPS) is 16.0. The molecule has 0 aliphatic carbocycles. The molecule has 2 aromatic heterocycles. The summed E-state index contributed by atoms with van der Waals surface area (Å²) in [5.74, 6) is 0.369. The molecule has 1 saturated heterocycles. The smallest absolute Gasteiger partial charge is 0.274 e. The number of likely N-dealkylation sites (tertiary alicyclic amines) is 1. The van der Waals surface area contributed by atoms with Crippen molar-refractivity contribution in [2.75, 3.05) is 13.1 Å². The summed E-state index contributed by atoms with van der Waals surface area (Å²) in [4.78, 5) is 29.8. The van der Waals surface area contributed by atoms with Crippen LogP contribution in [0.5, 0.6) is 0 Å². The molecular formula is C15H19N5O2. The van der Waals surface area contributed by atoms with Gasteiger partial charge in [-0.15, -0.1) is 0 Å². The Morgan fingerprint density at radius 3 is 2.82 bits per heavy atom. The Labute approximate surface area is 128 Å². The number of nitrogens with zero attached hydrogens (tertiary/aromatic N) is 4. The topological polar surface area (TPSA) is 83.9 Å². The van der Waals surface area contributed by atoms with E-state index in [1.54, 1.807) is 17.0 Å². The first kappa shape index (κ1) is 14.5. The van der Waals surface area contributed by atoms with Crippen molar-refractivity contribution in [2.45, 2.75) is 26.3 Å². The molecule has 3 rings (SSSR count). The Bertz CT molecular complexity index is 712. The predicted octanol–water partition coefficient (Wildman–Crippen LogP) is 0.827. The van der Waals surface area contributed by atoms with E-state index in [2.05, 4.69) is 15.2 Å². The average Bonchev–Trinajstić information content (AvgIpc) is 2.96. The van der Waals surface area contributed by atoms with Gasteiger partial charge in [-0.3, -0.25) is 19.3 Å². The van der Waals surface area contributed by atoms with Crippen LogP contribution in [0.15, 0.2) is 29.5 Å². The zero-order chi connectivity index (χ0) is 15.5. The highest BCUT2D eigenvalue weighted by atomic mass is 16.2. The summed E-state index contributed by atoms with van der Waals surface area (Å²) in [6.45, 7) is 3.94. The summed E-state index contributed by atoms with van der Waals surface area (Å²) in [5.41, 5.74) is 1.33. The van der Waals surface area contributed by atoms with Crippen LogP contribution in [0.4, 0.5) is 0 Å². The van der Waals surface area contributed by atoms with Gasteiger partial charge < -0.3 is 4.90 Å². The Hall–Kier alpha value is -2.44. The first-order valence-electron chi connectivity index (χ1n) is 7.45. The van der Waals surface area contributed by atoms with E-state index in [9.17, 15) is 9.59 Å². The highest BCUT2D eigenvalue weighted by Gasteiger charge is 2.25. The Morgan fingerprint density at radius 1 is 1.41 bits per heavy atom. The molecule has 1 fully saturated rings. The first-order chi connectivity index (χ1) is 10.6. The van der Waals surface area contributed by atoms with Crippen molar-refractivity contribution < 1.29 is 4.79 Å². The lowest BCUT2D eigenvalue weighted by atomic mass is 9.96. The fourth-order valence-corrected chi connectivity index (χ4v) is 2.80. The quantitative estimate of drug-likeness (QED) is 0.910. The van der Waals surface area contributed by atoms with Crippen molar-refractivity contribution in [1.29, 1.82) is 0 Å². The lowest BCUT2D eigenvalue weighted by Gasteiger charge is -2.31. The Morgan fingerprint density at radius 2 is 2.18 bits per heavy atom. The van der Waals surface area contributed by atoms with E-state index in [0.29, 0.717) is 31.2 Å². The van der Waals surface area contributed by atoms with E-state index in [0.717, 1.165) is 18.5 Å². The van der Waals surface area contributed by atoms with Crippen molar-refractivity contribution >= 4 is 5.91 Å². The number of carbonyl (C=O) groups excluding carboxylic acids is 1. The van der Waals surface area contributed by atoms with Crippen molar-refractivity contribution in [3.63, 3.8) is 0 Å². The molecule has 0 bridgehead atoms. The molecule has 1 N–H and O–H groups in total. The third-order valence-electron chi connectivity index (χ3n) is 4.07. The standard InChI is InChI=1S/C15H19N5O2/c1-11-8-13(18-17-11)15(22)19-6-3-12(4-7-19)9-20-10-16-5-2-14(20)21/h2,5,8,10,12H,3-4,6-7,9H2,1H3,(H,17,18). The van der Waals surface area contributed by atoms with Gasteiger partial charge in [-0.2, -0.15) is 5.10 Å². The SMILES string of the molecule is Cc1cc(C(=O)N2CCC(Cn3cnccc3=O)CC2)n[nH]1. The molecule has 1 aliphatic heterocycles. The molecule has 1 amide bonds. The zero-order valence-electron chi connectivity index (χ0n) is 12.5. The molecular weight excluding hydrogens is 282 g/mol. The summed E-state index contributed by atoms with van der Waals surface area (Å²) >= 11 is 0. The molecule has 7 heteroatoms. The fourth-order valence-electron chi connectivity index (χ4n) is 2.80. The second-order valence-electron chi connectivity index (χ2n) is 5.74. The molecule has 0 aromatic carbocycles. The summed E-state index contributed by atoms with van der Waals surface area (Å²) in [6.07, 6.45) is 4.85. The van der Waals surface area contributed by atoms with Crippen LogP contribution in [-0.2, 0) is 6.54 Å². The van der Waals surface area contributed by atoms with Gasteiger partial charge in [0.15, 0.2) is 0 Å². The van der Waals surface area contributed by atoms with Crippen LogP contribution < -0.4 is 5.56 Å². The molecule has 116 valence electrons. The molecule has 7 nitrogen and oxygen atoms in total. The van der Waals surface area contributed by atoms with Gasteiger partial charge in [0.2, 0.25) is 0 Å². The lowest BCUT2D eigenvalue weighted by molar-refractivity contribution is 0.0676. The van der Waals surface area contributed by atoms with Crippen LogP contribution in [0.3, 0.4) is 0 Å². The second kappa shape index (κ2) is 6.13. The number of hydrogen-bond donors (Lipinski definition) is 1. The van der Waals surface area contributed by atoms with Crippen LogP contribution in [0.2, 0.25) is 0 Å². The minimum Gasteiger partial charge on any atom is -0.337 e. The van der Waals surface area contributed by atoms with Gasteiger partial charge in [-0.05, 0) is 31.7 Å². The van der Waals surface area contributed by atoms with Crippen LogP contribution in [-0.4, -0.2) is 43.6 Å². The van der Waals surface area contributed by atoms with Gasteiger partial charge in [0, 0.05) is 37.6 Å². The van der Waals surface area contributed by atoms with Crippen LogP contribution in [0.25, 0.3) is 0 Å². The molecule has 0 atom stereocenters. The lowest BCUT2D eigenvalue weighted by Crippen LogP contribution is -2.40. The number of aromatic nitrogens is 4. The third kappa shape index (κ3) is 3.08. The summed E-state index contributed by atoms with van der Waals surface area (Å²) < 4.78 is 1.64. The van der Waals surface area contributed by atoms with Crippen LogP contribution >= 0.6 is 0 Å². The molecule has 3 heterocycles. The number of hydrogen-bond acceptors (Lipinski definition) is 4. The predicted molar refractivity (Wildman–Crippen MR) is 80.4 cm³/mol. The Kier molecular flexibility index (Phi) is 4.04. The summed E-state index contributed by atoms with van der Waals surface area (Å²) in [7, 11) is 0. The van der Waals surface area contributed by atoms with Crippen molar-refractivity contribution in [1.82, 2.24) is 24.6 Å². The van der Waals surface area contributed by atoms with Gasteiger partial charge >= 0.3 is 0 Å². The van der Waals surface area contributed by atoms with Crippen molar-refractivity contribution in [2.24, 2.45) is 5.92 Å². The minimum atomic E-state index is -0.0273. The maximum absolute atomic E-state index is 12.3. The molecule has 1 aliphatic rings. The van der Waals surface area contributed by atoms with E-state index in [-0.39, 0.29) is 11.5 Å². The molecule has 22 heavy (non-hydrogen) atoms. The van der Waals surface area contributed by atoms with E-state index in [1.165, 1.54) is 12.3 Å². The molecule has 2 aromatic rings. The largest absolute Gasteiger partial charge is 0.337 e. The highest BCUT2D eigenvalue weighted by Crippen LogP contribution is 2.20. The van der Waals surface area contributed by atoms with Gasteiger partial charge in [0.25, 0.3) is 11.5 Å². The highest BCUT2D eigenvalue weighted by molar-refractivity contribution is 5.92. The minimum absolute atomic E-state index is 0.0265. The summed E-state index contributed by atoms with van der Waals surface area (Å²) in [6, 6.07) is 3.24. The number of rotatable bonds is 3. The van der Waals surface area contributed by atoms with E-state index < -0.39 is 0 Å². The maximum Gasteiger partial charge on any atom is 0.274 e. The van der Waals surface area contributed by atoms with Gasteiger partial charge in [0.05, 0.1) is 6.33 Å². The van der Waals surface area contributed by atoms with E-state index in [1.807, 2.05) is 11.8 Å². The fraction of sp³-hybridized carbons (Fsp3) is 0.467. The van der Waals surface area contributed by atoms with E-state index >= 15 is 0 Å². The number of nitrogens with one attached hydrogen (secondary N) is 1. The average molecular weight is 301 g/mol. The number of aromatic amines is 1. The number of piperidine rings is 1. The number of amides is 1. The zero-order valence-corrected chi connectivity index (χ0v) is 12.5. The molecule has 0 saturated carbocycles. The maximum atomic E-state index is 12.3. The van der Waals surface area contributed by atoms with Crippen LogP contribution in [0, 0.1) is 12.8 Å². The first-order valence-corrected chi connectivity index (χ1v) is 7.45. The Balaban J connectivity index is 1.57. The van der Waals surface area contributed by atoms with Crippen molar-refractivity contribution in [3.05, 3.63) is 46.4 Å². The number of H-pyrrole nitrogens is 1. The van der Waals surface area contributed by atoms with Gasteiger partial charge in [-0.25, -0.2) is 4.98 Å². The molecule has 0 unspecified atom stereocenters.